The highest BCUT2D eigenvalue weighted by Gasteiger charge is 2.31. The summed E-state index contributed by atoms with van der Waals surface area (Å²) in [7, 11) is 3.20. The highest BCUT2D eigenvalue weighted by atomic mass is 19.1. The van der Waals surface area contributed by atoms with Gasteiger partial charge < -0.3 is 20.3 Å². The second-order valence-corrected chi connectivity index (χ2v) is 9.27. The fraction of sp³-hybridized carbons (Fsp3) is 0.458. The maximum atomic E-state index is 15.7. The lowest BCUT2D eigenvalue weighted by Crippen LogP contribution is -2.34. The van der Waals surface area contributed by atoms with Crippen LogP contribution < -0.4 is 5.32 Å². The molecule has 1 atom stereocenters. The standard InChI is InChI=1S/C24H29FN6O3/c1-12-5-7-14(8-6-12)19(30-24(33)34)22-28-17-10-9-15(18(25)21(17)29-22)16-11-26-13(2)27-20(16)23(32)31(3)4/h9-12,14,19,30H,5-8H2,1-4H3,(H,28,29)(H,33,34). The number of carbonyl (C=O) groups excluding carboxylic acids is 1. The molecule has 0 spiro atoms. The van der Waals surface area contributed by atoms with Gasteiger partial charge in [0, 0.05) is 31.4 Å². The average Bonchev–Trinajstić information content (AvgIpc) is 3.23. The number of nitrogens with one attached hydrogen (secondary N) is 2. The predicted octanol–water partition coefficient (Wildman–Crippen LogP) is 4.30. The van der Waals surface area contributed by atoms with E-state index in [1.165, 1.54) is 11.1 Å². The monoisotopic (exact) mass is 468 g/mol. The summed E-state index contributed by atoms with van der Waals surface area (Å²) >= 11 is 0. The highest BCUT2D eigenvalue weighted by Crippen LogP contribution is 2.37. The summed E-state index contributed by atoms with van der Waals surface area (Å²) in [6, 6.07) is 2.67. The Kier molecular flexibility index (Phi) is 6.49. The molecule has 2 aromatic heterocycles. The van der Waals surface area contributed by atoms with Crippen LogP contribution in [0, 0.1) is 24.6 Å². The number of carboxylic acid groups (broad SMARTS) is 1. The first kappa shape index (κ1) is 23.6. The van der Waals surface area contributed by atoms with Crippen LogP contribution in [0.1, 0.15) is 60.8 Å². The summed E-state index contributed by atoms with van der Waals surface area (Å²) in [5.74, 6) is 0.490. The van der Waals surface area contributed by atoms with Gasteiger partial charge in [-0.25, -0.2) is 24.1 Å². The number of benzene rings is 1. The van der Waals surface area contributed by atoms with E-state index in [4.69, 9.17) is 0 Å². The van der Waals surface area contributed by atoms with Crippen LogP contribution in [0.2, 0.25) is 0 Å². The van der Waals surface area contributed by atoms with Crippen molar-refractivity contribution in [3.05, 3.63) is 41.5 Å². The lowest BCUT2D eigenvalue weighted by atomic mass is 9.79. The van der Waals surface area contributed by atoms with Gasteiger partial charge in [0.1, 0.15) is 22.9 Å². The van der Waals surface area contributed by atoms with Crippen molar-refractivity contribution in [1.29, 1.82) is 0 Å². The van der Waals surface area contributed by atoms with Gasteiger partial charge >= 0.3 is 6.09 Å². The lowest BCUT2D eigenvalue weighted by Gasteiger charge is -2.31. The summed E-state index contributed by atoms with van der Waals surface area (Å²) in [5, 5.41) is 12.0. The van der Waals surface area contributed by atoms with Crippen molar-refractivity contribution >= 4 is 23.0 Å². The fourth-order valence-corrected chi connectivity index (χ4v) is 4.62. The number of imidazole rings is 1. The van der Waals surface area contributed by atoms with Crippen molar-refractivity contribution in [2.24, 2.45) is 11.8 Å². The van der Waals surface area contributed by atoms with E-state index in [0.717, 1.165) is 25.7 Å². The summed E-state index contributed by atoms with van der Waals surface area (Å²) < 4.78 is 15.7. The van der Waals surface area contributed by atoms with Crippen LogP contribution in [-0.2, 0) is 0 Å². The van der Waals surface area contributed by atoms with Crippen molar-refractivity contribution in [2.45, 2.75) is 45.6 Å². The molecule has 1 aromatic carbocycles. The number of nitrogens with zero attached hydrogens (tertiary/aromatic N) is 4. The summed E-state index contributed by atoms with van der Waals surface area (Å²) in [5.41, 5.74) is 1.07. The Labute approximate surface area is 196 Å². The zero-order valence-electron chi connectivity index (χ0n) is 19.7. The molecule has 0 radical (unpaired) electrons. The molecule has 1 unspecified atom stereocenters. The molecule has 1 aliphatic rings. The quantitative estimate of drug-likeness (QED) is 0.513. The average molecular weight is 469 g/mol. The third kappa shape index (κ3) is 4.57. The number of rotatable bonds is 5. The molecule has 34 heavy (non-hydrogen) atoms. The minimum absolute atomic E-state index is 0.0743. The highest BCUT2D eigenvalue weighted by molar-refractivity contribution is 5.99. The number of hydrogen-bond donors (Lipinski definition) is 3. The Morgan fingerprint density at radius 3 is 2.53 bits per heavy atom. The van der Waals surface area contributed by atoms with Crippen LogP contribution in [0.3, 0.4) is 0 Å². The molecule has 1 saturated carbocycles. The smallest absolute Gasteiger partial charge is 0.405 e. The van der Waals surface area contributed by atoms with Crippen molar-refractivity contribution in [3.8, 4) is 11.1 Å². The van der Waals surface area contributed by atoms with Gasteiger partial charge in [0.25, 0.3) is 5.91 Å². The van der Waals surface area contributed by atoms with Crippen molar-refractivity contribution in [1.82, 2.24) is 30.2 Å². The molecule has 3 N–H and O–H groups in total. The molecule has 1 aliphatic carbocycles. The molecule has 0 bridgehead atoms. The van der Waals surface area contributed by atoms with Crippen molar-refractivity contribution in [3.63, 3.8) is 0 Å². The van der Waals surface area contributed by atoms with Crippen molar-refractivity contribution < 1.29 is 19.1 Å². The molecule has 3 aromatic rings. The van der Waals surface area contributed by atoms with Gasteiger partial charge in [0.05, 0.1) is 11.6 Å². The number of halogens is 1. The lowest BCUT2D eigenvalue weighted by molar-refractivity contribution is 0.0822. The maximum absolute atomic E-state index is 15.7. The van der Waals surface area contributed by atoms with Gasteiger partial charge in [-0.3, -0.25) is 4.79 Å². The second kappa shape index (κ2) is 9.36. The Hall–Kier alpha value is -3.56. The van der Waals surface area contributed by atoms with E-state index in [9.17, 15) is 14.7 Å². The van der Waals surface area contributed by atoms with E-state index in [0.29, 0.717) is 23.1 Å². The first-order valence-electron chi connectivity index (χ1n) is 11.4. The van der Waals surface area contributed by atoms with E-state index in [2.05, 4.69) is 32.2 Å². The molecule has 2 heterocycles. The van der Waals surface area contributed by atoms with E-state index in [1.54, 1.807) is 33.2 Å². The summed E-state index contributed by atoms with van der Waals surface area (Å²) in [4.78, 5) is 41.6. The van der Waals surface area contributed by atoms with Crippen LogP contribution in [0.15, 0.2) is 18.3 Å². The number of hydrogen-bond acceptors (Lipinski definition) is 5. The van der Waals surface area contributed by atoms with Gasteiger partial charge in [-0.1, -0.05) is 19.8 Å². The van der Waals surface area contributed by atoms with Crippen molar-refractivity contribution in [2.75, 3.05) is 14.1 Å². The normalized spacial score (nSPS) is 19.1. The van der Waals surface area contributed by atoms with E-state index in [-0.39, 0.29) is 34.2 Å². The number of aromatic nitrogens is 4. The van der Waals surface area contributed by atoms with Gasteiger partial charge in [-0.15, -0.1) is 0 Å². The molecule has 4 rings (SSSR count). The molecular weight excluding hydrogens is 439 g/mol. The first-order valence-corrected chi connectivity index (χ1v) is 11.4. The van der Waals surface area contributed by atoms with Crippen LogP contribution in [0.4, 0.5) is 9.18 Å². The fourth-order valence-electron chi connectivity index (χ4n) is 4.62. The topological polar surface area (TPSA) is 124 Å². The zero-order valence-corrected chi connectivity index (χ0v) is 19.7. The minimum atomic E-state index is -1.14. The molecule has 10 heteroatoms. The van der Waals surface area contributed by atoms with Gasteiger partial charge in [0.2, 0.25) is 0 Å². The van der Waals surface area contributed by atoms with Gasteiger partial charge in [-0.2, -0.15) is 0 Å². The SMILES string of the molecule is Cc1ncc(-c2ccc3[nH]c(C(NC(=O)O)C4CCC(C)CC4)nc3c2F)c(C(=O)N(C)C)n1. The molecule has 0 aliphatic heterocycles. The van der Waals surface area contributed by atoms with Gasteiger partial charge in [-0.05, 0) is 43.7 Å². The number of amides is 2. The number of fused-ring (bicyclic) bond motifs is 1. The Morgan fingerprint density at radius 1 is 1.18 bits per heavy atom. The van der Waals surface area contributed by atoms with Gasteiger partial charge in [0.15, 0.2) is 5.82 Å². The van der Waals surface area contributed by atoms with Crippen LogP contribution in [0.25, 0.3) is 22.2 Å². The third-order valence-corrected chi connectivity index (χ3v) is 6.52. The molecule has 9 nitrogen and oxygen atoms in total. The van der Waals surface area contributed by atoms with Crippen LogP contribution >= 0.6 is 0 Å². The largest absolute Gasteiger partial charge is 0.465 e. The number of aromatic amines is 1. The van der Waals surface area contributed by atoms with E-state index >= 15 is 4.39 Å². The minimum Gasteiger partial charge on any atom is -0.465 e. The predicted molar refractivity (Wildman–Crippen MR) is 125 cm³/mol. The third-order valence-electron chi connectivity index (χ3n) is 6.52. The van der Waals surface area contributed by atoms with E-state index < -0.39 is 18.0 Å². The summed E-state index contributed by atoms with van der Waals surface area (Å²) in [6.45, 7) is 3.86. The molecule has 180 valence electrons. The first-order chi connectivity index (χ1) is 16.2. The Balaban J connectivity index is 1.78. The molecule has 1 fully saturated rings. The molecule has 2 amide bonds. The Morgan fingerprint density at radius 2 is 1.88 bits per heavy atom. The Bertz CT molecular complexity index is 1230. The van der Waals surface area contributed by atoms with Crippen LogP contribution in [-0.4, -0.2) is 56.0 Å². The summed E-state index contributed by atoms with van der Waals surface area (Å²) in [6.07, 6.45) is 4.05. The maximum Gasteiger partial charge on any atom is 0.405 e. The molecular formula is C24H29FN6O3. The van der Waals surface area contributed by atoms with Crippen LogP contribution in [0.5, 0.6) is 0 Å². The molecule has 0 saturated heterocycles. The second-order valence-electron chi connectivity index (χ2n) is 9.27. The van der Waals surface area contributed by atoms with E-state index in [1.807, 2.05) is 0 Å². The zero-order chi connectivity index (χ0) is 24.6. The number of carbonyl (C=O) groups is 2. The number of aryl methyl sites for hydroxylation is 1. The number of H-pyrrole nitrogens is 1.